The molecular formula is C32H26FNO4S. The molecule has 0 fully saturated rings. The summed E-state index contributed by atoms with van der Waals surface area (Å²) in [6.45, 7) is 1.52. The van der Waals surface area contributed by atoms with Crippen LogP contribution < -0.4 is 0 Å². The Morgan fingerprint density at radius 2 is 1.44 bits per heavy atom. The zero-order valence-electron chi connectivity index (χ0n) is 21.2. The van der Waals surface area contributed by atoms with Gasteiger partial charge in [0.15, 0.2) is 0 Å². The van der Waals surface area contributed by atoms with E-state index < -0.39 is 21.6 Å². The van der Waals surface area contributed by atoms with Crippen molar-refractivity contribution >= 4 is 15.8 Å². The molecule has 0 aliphatic carbocycles. The average molecular weight is 540 g/mol. The molecule has 0 saturated heterocycles. The molecule has 0 bridgehead atoms. The number of carboxylic acid groups (broad SMARTS) is 1. The number of carbonyl (C=O) groups is 1. The summed E-state index contributed by atoms with van der Waals surface area (Å²) >= 11 is 0. The van der Waals surface area contributed by atoms with Gasteiger partial charge in [0.2, 0.25) is 9.84 Å². The van der Waals surface area contributed by atoms with Gasteiger partial charge >= 0.3 is 5.97 Å². The fourth-order valence-corrected chi connectivity index (χ4v) is 6.53. The molecule has 7 heteroatoms. The maximum atomic E-state index is 14.5. The largest absolute Gasteiger partial charge is 0.480 e. The third-order valence-corrected chi connectivity index (χ3v) is 8.66. The molecule has 5 aromatic rings. The van der Waals surface area contributed by atoms with Crippen LogP contribution in [0.1, 0.15) is 16.8 Å². The summed E-state index contributed by atoms with van der Waals surface area (Å²) in [6.07, 6.45) is 0.201. The van der Waals surface area contributed by atoms with E-state index >= 15 is 0 Å². The Hall–Kier alpha value is -4.49. The molecule has 0 saturated carbocycles. The standard InChI is InChI=1S/C32H26FNO4S/c1-22-28(20-24-13-8-9-18-29(24)39(37,38)27-16-6-3-7-17-27)31(25-14-10-15-26(33)19-25)32(34(22)21-30(35)36)23-11-4-2-5-12-23/h2-19H,20-21H2,1H3,(H,35,36). The van der Waals surface area contributed by atoms with Crippen molar-refractivity contribution in [2.45, 2.75) is 29.7 Å². The number of rotatable bonds is 8. The highest BCUT2D eigenvalue weighted by Crippen LogP contribution is 2.41. The van der Waals surface area contributed by atoms with Gasteiger partial charge in [0.1, 0.15) is 12.4 Å². The zero-order chi connectivity index (χ0) is 27.6. The molecule has 0 radical (unpaired) electrons. The van der Waals surface area contributed by atoms with Gasteiger partial charge in [0.25, 0.3) is 0 Å². The second kappa shape index (κ2) is 10.7. The first-order chi connectivity index (χ1) is 18.8. The van der Waals surface area contributed by atoms with Crippen molar-refractivity contribution in [1.82, 2.24) is 4.57 Å². The molecule has 0 amide bonds. The van der Waals surface area contributed by atoms with Crippen molar-refractivity contribution in [3.63, 3.8) is 0 Å². The molecule has 1 N–H and O–H groups in total. The van der Waals surface area contributed by atoms with Gasteiger partial charge in [0, 0.05) is 17.7 Å². The fraction of sp³-hybridized carbons (Fsp3) is 0.0938. The van der Waals surface area contributed by atoms with Crippen LogP contribution in [0.4, 0.5) is 4.39 Å². The highest BCUT2D eigenvalue weighted by molar-refractivity contribution is 7.91. The van der Waals surface area contributed by atoms with Crippen molar-refractivity contribution in [1.29, 1.82) is 0 Å². The number of sulfone groups is 1. The van der Waals surface area contributed by atoms with Gasteiger partial charge in [-0.1, -0.05) is 78.9 Å². The lowest BCUT2D eigenvalue weighted by atomic mass is 9.93. The Bertz CT molecular complexity index is 1760. The number of carboxylic acids is 1. The summed E-state index contributed by atoms with van der Waals surface area (Å²) in [4.78, 5) is 12.3. The highest BCUT2D eigenvalue weighted by Gasteiger charge is 2.27. The van der Waals surface area contributed by atoms with Crippen molar-refractivity contribution in [2.24, 2.45) is 0 Å². The Kier molecular flexibility index (Phi) is 7.17. The van der Waals surface area contributed by atoms with Crippen molar-refractivity contribution < 1.29 is 22.7 Å². The molecule has 4 aromatic carbocycles. The number of hydrogen-bond donors (Lipinski definition) is 1. The molecule has 5 nitrogen and oxygen atoms in total. The van der Waals surface area contributed by atoms with E-state index in [0.717, 1.165) is 11.1 Å². The van der Waals surface area contributed by atoms with Gasteiger partial charge in [-0.05, 0) is 59.5 Å². The molecular weight excluding hydrogens is 513 g/mol. The maximum Gasteiger partial charge on any atom is 0.323 e. The highest BCUT2D eigenvalue weighted by atomic mass is 32.2. The summed E-state index contributed by atoms with van der Waals surface area (Å²) in [6, 6.07) is 30.6. The monoisotopic (exact) mass is 539 g/mol. The number of benzene rings is 4. The molecule has 0 aliphatic rings. The van der Waals surface area contributed by atoms with E-state index in [1.807, 2.05) is 37.3 Å². The minimum atomic E-state index is -3.82. The molecule has 0 aliphatic heterocycles. The lowest BCUT2D eigenvalue weighted by molar-refractivity contribution is -0.137. The molecule has 0 spiro atoms. The molecule has 196 valence electrons. The molecule has 1 aromatic heterocycles. The minimum absolute atomic E-state index is 0.174. The van der Waals surface area contributed by atoms with Crippen LogP contribution in [-0.4, -0.2) is 24.1 Å². The summed E-state index contributed by atoms with van der Waals surface area (Å²) in [5, 5.41) is 9.78. The number of aliphatic carboxylic acids is 1. The predicted molar refractivity (Wildman–Crippen MR) is 149 cm³/mol. The average Bonchev–Trinajstić information content (AvgIpc) is 3.20. The number of hydrogen-bond acceptors (Lipinski definition) is 3. The van der Waals surface area contributed by atoms with Gasteiger partial charge in [-0.2, -0.15) is 0 Å². The molecule has 39 heavy (non-hydrogen) atoms. The van der Waals surface area contributed by atoms with E-state index in [-0.39, 0.29) is 22.8 Å². The van der Waals surface area contributed by atoms with Crippen LogP contribution in [0.25, 0.3) is 22.4 Å². The lowest BCUT2D eigenvalue weighted by Crippen LogP contribution is -2.12. The number of halogens is 1. The lowest BCUT2D eigenvalue weighted by Gasteiger charge is -2.13. The Morgan fingerprint density at radius 1 is 0.821 bits per heavy atom. The first-order valence-corrected chi connectivity index (χ1v) is 13.9. The maximum absolute atomic E-state index is 14.5. The molecule has 0 atom stereocenters. The quantitative estimate of drug-likeness (QED) is 0.236. The van der Waals surface area contributed by atoms with Crippen LogP contribution in [0.2, 0.25) is 0 Å². The van der Waals surface area contributed by atoms with E-state index in [9.17, 15) is 22.7 Å². The molecule has 5 rings (SSSR count). The van der Waals surface area contributed by atoms with Gasteiger partial charge in [-0.25, -0.2) is 12.8 Å². The number of nitrogens with zero attached hydrogens (tertiary/aromatic N) is 1. The first kappa shape index (κ1) is 26.1. The smallest absolute Gasteiger partial charge is 0.323 e. The third-order valence-electron chi connectivity index (χ3n) is 6.79. The van der Waals surface area contributed by atoms with Crippen LogP contribution >= 0.6 is 0 Å². The SMILES string of the molecule is Cc1c(Cc2ccccc2S(=O)(=O)c2ccccc2)c(-c2cccc(F)c2)c(-c2ccccc2)n1CC(=O)O. The Balaban J connectivity index is 1.78. The van der Waals surface area contributed by atoms with Gasteiger partial charge in [-0.15, -0.1) is 0 Å². The zero-order valence-corrected chi connectivity index (χ0v) is 22.0. The second-order valence-corrected chi connectivity index (χ2v) is 11.2. The van der Waals surface area contributed by atoms with Gasteiger partial charge in [0.05, 0.1) is 15.5 Å². The van der Waals surface area contributed by atoms with Crippen molar-refractivity contribution in [3.8, 4) is 22.4 Å². The molecule has 1 heterocycles. The first-order valence-electron chi connectivity index (χ1n) is 12.4. The van der Waals surface area contributed by atoms with Crippen LogP contribution in [0, 0.1) is 12.7 Å². The van der Waals surface area contributed by atoms with E-state index in [1.165, 1.54) is 12.1 Å². The summed E-state index contributed by atoms with van der Waals surface area (Å²) in [5.74, 6) is -1.44. The summed E-state index contributed by atoms with van der Waals surface area (Å²) < 4.78 is 43.5. The van der Waals surface area contributed by atoms with E-state index in [0.29, 0.717) is 28.1 Å². The topological polar surface area (TPSA) is 76.4 Å². The van der Waals surface area contributed by atoms with Crippen LogP contribution in [0.3, 0.4) is 0 Å². The normalized spacial score (nSPS) is 11.4. The summed E-state index contributed by atoms with van der Waals surface area (Å²) in [7, 11) is -3.82. The predicted octanol–water partition coefficient (Wildman–Crippen LogP) is 6.78. The van der Waals surface area contributed by atoms with Crippen molar-refractivity contribution in [3.05, 3.63) is 132 Å². The van der Waals surface area contributed by atoms with Gasteiger partial charge < -0.3 is 9.67 Å². The van der Waals surface area contributed by atoms with E-state index in [2.05, 4.69) is 0 Å². The fourth-order valence-electron chi connectivity index (χ4n) is 5.02. The molecule has 0 unspecified atom stereocenters. The van der Waals surface area contributed by atoms with Crippen LogP contribution in [0.5, 0.6) is 0 Å². The number of aromatic nitrogens is 1. The van der Waals surface area contributed by atoms with Crippen LogP contribution in [-0.2, 0) is 27.6 Å². The Morgan fingerprint density at radius 3 is 2.10 bits per heavy atom. The van der Waals surface area contributed by atoms with Gasteiger partial charge in [-0.3, -0.25) is 4.79 Å². The van der Waals surface area contributed by atoms with E-state index in [4.69, 9.17) is 0 Å². The van der Waals surface area contributed by atoms with Crippen molar-refractivity contribution in [2.75, 3.05) is 0 Å². The van der Waals surface area contributed by atoms with E-state index in [1.54, 1.807) is 71.3 Å². The third kappa shape index (κ3) is 5.13. The summed E-state index contributed by atoms with van der Waals surface area (Å²) in [5.41, 5.74) is 4.64. The van der Waals surface area contributed by atoms with Crippen LogP contribution in [0.15, 0.2) is 119 Å². The second-order valence-electron chi connectivity index (χ2n) is 9.24. The minimum Gasteiger partial charge on any atom is -0.480 e. The Labute approximate surface area is 226 Å².